The second-order valence-corrected chi connectivity index (χ2v) is 9.74. The molecule has 0 aliphatic heterocycles. The summed E-state index contributed by atoms with van der Waals surface area (Å²) >= 11 is 1.32. The summed E-state index contributed by atoms with van der Waals surface area (Å²) in [6.45, 7) is 6.29. The number of ether oxygens (including phenoxy) is 1. The van der Waals surface area contributed by atoms with E-state index in [0.717, 1.165) is 22.3 Å². The summed E-state index contributed by atoms with van der Waals surface area (Å²) in [5.41, 5.74) is 5.35. The van der Waals surface area contributed by atoms with Crippen molar-refractivity contribution in [1.29, 1.82) is 0 Å². The molecule has 0 saturated carbocycles. The minimum atomic E-state index is -0.158. The van der Waals surface area contributed by atoms with Crippen LogP contribution in [0, 0.1) is 20.8 Å². The van der Waals surface area contributed by atoms with Crippen LogP contribution in [0.25, 0.3) is 16.7 Å². The second kappa shape index (κ2) is 9.62. The Bertz CT molecular complexity index is 1690. The first kappa shape index (κ1) is 23.8. The summed E-state index contributed by atoms with van der Waals surface area (Å²) in [5, 5.41) is 9.88. The molecule has 36 heavy (non-hydrogen) atoms. The van der Waals surface area contributed by atoms with Crippen LogP contribution in [0.2, 0.25) is 0 Å². The fourth-order valence-electron chi connectivity index (χ4n) is 4.44. The first-order valence-corrected chi connectivity index (χ1v) is 12.6. The zero-order valence-corrected chi connectivity index (χ0v) is 21.4. The molecule has 5 rings (SSSR count). The Morgan fingerprint density at radius 1 is 0.944 bits per heavy atom. The lowest BCUT2D eigenvalue weighted by molar-refractivity contribution is 0.102. The van der Waals surface area contributed by atoms with Gasteiger partial charge in [-0.1, -0.05) is 48.2 Å². The Hall–Kier alpha value is -3.91. The highest BCUT2D eigenvalue weighted by molar-refractivity contribution is 7.99. The van der Waals surface area contributed by atoms with E-state index in [4.69, 9.17) is 4.74 Å². The normalized spacial score (nSPS) is 11.3. The SMILES string of the molecule is COc1ccccc1Cn1c(=O)c2ccccc2n2c(SCC(=O)c3cc(C)c(C)cc3C)nnc12. The molecule has 0 amide bonds. The molecule has 0 bridgehead atoms. The molecule has 0 unspecified atom stereocenters. The van der Waals surface area contributed by atoms with Gasteiger partial charge in [-0.2, -0.15) is 0 Å². The van der Waals surface area contributed by atoms with E-state index in [1.165, 1.54) is 17.3 Å². The van der Waals surface area contributed by atoms with Crippen molar-refractivity contribution in [3.8, 4) is 5.75 Å². The van der Waals surface area contributed by atoms with Gasteiger partial charge in [0.15, 0.2) is 10.9 Å². The molecule has 0 aliphatic rings. The summed E-state index contributed by atoms with van der Waals surface area (Å²) in [7, 11) is 1.61. The van der Waals surface area contributed by atoms with Crippen molar-refractivity contribution in [2.75, 3.05) is 12.9 Å². The average Bonchev–Trinajstić information content (AvgIpc) is 3.31. The lowest BCUT2D eigenvalue weighted by Crippen LogP contribution is -2.24. The summed E-state index contributed by atoms with van der Waals surface area (Å²) in [4.78, 5) is 26.6. The molecule has 2 heterocycles. The van der Waals surface area contributed by atoms with Crippen LogP contribution in [0.1, 0.15) is 32.6 Å². The molecule has 0 saturated heterocycles. The zero-order valence-electron chi connectivity index (χ0n) is 20.6. The van der Waals surface area contributed by atoms with E-state index in [1.807, 2.05) is 79.8 Å². The molecule has 5 aromatic rings. The summed E-state index contributed by atoms with van der Waals surface area (Å²) in [6, 6.07) is 19.0. The van der Waals surface area contributed by atoms with Crippen LogP contribution in [0.15, 0.2) is 70.6 Å². The van der Waals surface area contributed by atoms with E-state index in [2.05, 4.69) is 10.2 Å². The van der Waals surface area contributed by atoms with Gasteiger partial charge in [-0.25, -0.2) is 0 Å². The predicted molar refractivity (Wildman–Crippen MR) is 143 cm³/mol. The Balaban J connectivity index is 1.57. The highest BCUT2D eigenvalue weighted by Crippen LogP contribution is 2.25. The Morgan fingerprint density at radius 3 is 2.47 bits per heavy atom. The fourth-order valence-corrected chi connectivity index (χ4v) is 5.27. The van der Waals surface area contributed by atoms with Crippen molar-refractivity contribution < 1.29 is 9.53 Å². The Morgan fingerprint density at radius 2 is 1.67 bits per heavy atom. The highest BCUT2D eigenvalue weighted by Gasteiger charge is 2.19. The van der Waals surface area contributed by atoms with Gasteiger partial charge in [-0.05, 0) is 61.7 Å². The number of carbonyl (C=O) groups excluding carboxylic acids is 1. The number of aromatic nitrogens is 4. The van der Waals surface area contributed by atoms with Crippen molar-refractivity contribution in [3.63, 3.8) is 0 Å². The number of nitrogens with zero attached hydrogens (tertiary/aromatic N) is 4. The molecular formula is C28H26N4O3S. The highest BCUT2D eigenvalue weighted by atomic mass is 32.2. The quantitative estimate of drug-likeness (QED) is 0.232. The Kier molecular flexibility index (Phi) is 6.36. The van der Waals surface area contributed by atoms with Crippen LogP contribution in [0.3, 0.4) is 0 Å². The number of aryl methyl sites for hydroxylation is 3. The van der Waals surface area contributed by atoms with Gasteiger partial charge in [0.05, 0.1) is 30.3 Å². The van der Waals surface area contributed by atoms with Gasteiger partial charge in [-0.3, -0.25) is 18.6 Å². The monoisotopic (exact) mass is 498 g/mol. The third kappa shape index (κ3) is 4.18. The number of Topliss-reactive ketones (excluding diaryl/α,β-unsaturated/α-hetero) is 1. The maximum atomic E-state index is 13.5. The summed E-state index contributed by atoms with van der Waals surface area (Å²) < 4.78 is 8.96. The van der Waals surface area contributed by atoms with Gasteiger partial charge < -0.3 is 4.74 Å². The molecule has 182 valence electrons. The molecular weight excluding hydrogens is 472 g/mol. The number of carbonyl (C=O) groups is 1. The van der Waals surface area contributed by atoms with Gasteiger partial charge in [-0.15, -0.1) is 10.2 Å². The number of para-hydroxylation sites is 2. The number of hydrogen-bond donors (Lipinski definition) is 0. The molecule has 0 N–H and O–H groups in total. The zero-order chi connectivity index (χ0) is 25.4. The Labute approximate surface area is 212 Å². The fraction of sp³-hybridized carbons (Fsp3) is 0.214. The number of thioether (sulfide) groups is 1. The summed E-state index contributed by atoms with van der Waals surface area (Å²) in [5.74, 6) is 1.36. The van der Waals surface area contributed by atoms with Crippen molar-refractivity contribution >= 4 is 34.2 Å². The number of hydrogen-bond acceptors (Lipinski definition) is 6. The van der Waals surface area contributed by atoms with Gasteiger partial charge in [0.2, 0.25) is 5.78 Å². The lowest BCUT2D eigenvalue weighted by Gasteiger charge is -2.13. The summed E-state index contributed by atoms with van der Waals surface area (Å²) in [6.07, 6.45) is 0. The van der Waals surface area contributed by atoms with Gasteiger partial charge in [0.1, 0.15) is 5.75 Å². The van der Waals surface area contributed by atoms with Gasteiger partial charge in [0, 0.05) is 11.1 Å². The molecule has 0 radical (unpaired) electrons. The maximum Gasteiger partial charge on any atom is 0.263 e. The maximum absolute atomic E-state index is 13.5. The molecule has 2 aromatic heterocycles. The largest absolute Gasteiger partial charge is 0.496 e. The average molecular weight is 499 g/mol. The van der Waals surface area contributed by atoms with Crippen LogP contribution in [0.5, 0.6) is 5.75 Å². The minimum Gasteiger partial charge on any atom is -0.496 e. The van der Waals surface area contributed by atoms with Crippen molar-refractivity contribution in [2.45, 2.75) is 32.5 Å². The molecule has 8 heteroatoms. The van der Waals surface area contributed by atoms with E-state index >= 15 is 0 Å². The van der Waals surface area contributed by atoms with Crippen LogP contribution in [0.4, 0.5) is 0 Å². The van der Waals surface area contributed by atoms with E-state index in [9.17, 15) is 9.59 Å². The standard InChI is InChI=1S/C28H26N4O3S/c1-17-13-19(3)22(14-18(17)2)24(33)16-36-28-30-29-27-31(15-20-9-5-8-12-25(20)35-4)26(34)21-10-6-7-11-23(21)32(27)28/h5-14H,15-16H2,1-4H3. The van der Waals surface area contributed by atoms with Gasteiger partial charge in [0.25, 0.3) is 5.56 Å². The van der Waals surface area contributed by atoms with Crippen molar-refractivity contribution in [1.82, 2.24) is 19.2 Å². The predicted octanol–water partition coefficient (Wildman–Crippen LogP) is 5.00. The number of fused-ring (bicyclic) bond motifs is 3. The van der Waals surface area contributed by atoms with Crippen LogP contribution in [-0.4, -0.2) is 37.8 Å². The molecule has 0 fully saturated rings. The number of rotatable bonds is 7. The first-order valence-electron chi connectivity index (χ1n) is 11.6. The minimum absolute atomic E-state index is 0.0315. The molecule has 3 aromatic carbocycles. The molecule has 7 nitrogen and oxygen atoms in total. The van der Waals surface area contributed by atoms with E-state index in [1.54, 1.807) is 17.7 Å². The topological polar surface area (TPSA) is 78.5 Å². The van der Waals surface area contributed by atoms with Crippen molar-refractivity contribution in [2.24, 2.45) is 0 Å². The van der Waals surface area contributed by atoms with Crippen molar-refractivity contribution in [3.05, 3.63) is 98.8 Å². The van der Waals surface area contributed by atoms with Gasteiger partial charge >= 0.3 is 0 Å². The van der Waals surface area contributed by atoms with E-state index in [-0.39, 0.29) is 23.6 Å². The number of benzene rings is 3. The second-order valence-electron chi connectivity index (χ2n) is 8.80. The lowest BCUT2D eigenvalue weighted by atomic mass is 9.99. The third-order valence-corrected chi connectivity index (χ3v) is 7.40. The first-order chi connectivity index (χ1) is 17.4. The van der Waals surface area contributed by atoms with Crippen LogP contribution < -0.4 is 10.3 Å². The smallest absolute Gasteiger partial charge is 0.263 e. The number of ketones is 1. The van der Waals surface area contributed by atoms with Crippen LogP contribution >= 0.6 is 11.8 Å². The third-order valence-electron chi connectivity index (χ3n) is 6.47. The molecule has 0 atom stereocenters. The van der Waals surface area contributed by atoms with Crippen LogP contribution in [-0.2, 0) is 6.54 Å². The molecule has 0 spiro atoms. The van der Waals surface area contributed by atoms with E-state index < -0.39 is 0 Å². The molecule has 0 aliphatic carbocycles. The van der Waals surface area contributed by atoms with E-state index in [0.29, 0.717) is 27.6 Å². The number of methoxy groups -OCH3 is 1.